The molecule has 0 atom stereocenters. The van der Waals surface area contributed by atoms with Crippen molar-refractivity contribution < 1.29 is 23.8 Å². The van der Waals surface area contributed by atoms with Crippen molar-refractivity contribution >= 4 is 18.0 Å². The Labute approximate surface area is 182 Å². The number of carbonyl (C=O) groups is 2. The molecule has 1 heterocycles. The second-order valence-electron chi connectivity index (χ2n) is 6.90. The maximum atomic E-state index is 13.3. The number of rotatable bonds is 8. The van der Waals surface area contributed by atoms with E-state index in [1.807, 2.05) is 30.3 Å². The number of benzene rings is 2. The number of esters is 1. The first-order valence-corrected chi connectivity index (χ1v) is 9.79. The molecule has 0 saturated carbocycles. The maximum absolute atomic E-state index is 13.3. The van der Waals surface area contributed by atoms with Gasteiger partial charge < -0.3 is 19.1 Å². The third-order valence-corrected chi connectivity index (χ3v) is 4.94. The lowest BCUT2D eigenvalue weighted by molar-refractivity contribution is -0.136. The number of carbonyl (C=O) groups excluding carboxylic acids is 2. The van der Waals surface area contributed by atoms with E-state index in [-0.39, 0.29) is 17.1 Å². The summed E-state index contributed by atoms with van der Waals surface area (Å²) in [7, 11) is 2.85. The Hall–Kier alpha value is -3.80. The first-order valence-electron chi connectivity index (χ1n) is 9.79. The molecular weight excluding hydrogens is 394 g/mol. The summed E-state index contributed by atoms with van der Waals surface area (Å²) in [6.07, 6.45) is 3.31. The first-order chi connectivity index (χ1) is 15.0. The highest BCUT2D eigenvalue weighted by molar-refractivity contribution is 6.16. The van der Waals surface area contributed by atoms with Crippen LogP contribution in [-0.2, 0) is 20.9 Å². The molecule has 0 bridgehead atoms. The standard InChI is InChI=1S/C25H25NO5/c1-5-13-31-21-12-11-19(15-22(21)29-3)14-20-23(25(28)30-4)17(2)26(24(20)27)16-18-9-7-6-8-10-18/h5-12,14-15H,1,13,16H2,2-4H3/b20-14-. The van der Waals surface area contributed by atoms with Crippen LogP contribution in [0.25, 0.3) is 6.08 Å². The third-order valence-electron chi connectivity index (χ3n) is 4.94. The lowest BCUT2D eigenvalue weighted by atomic mass is 10.0. The number of ether oxygens (including phenoxy) is 3. The van der Waals surface area contributed by atoms with E-state index in [1.165, 1.54) is 7.11 Å². The van der Waals surface area contributed by atoms with Crippen molar-refractivity contribution in [2.75, 3.05) is 20.8 Å². The molecular formula is C25H25NO5. The van der Waals surface area contributed by atoms with Crippen molar-refractivity contribution in [3.8, 4) is 11.5 Å². The van der Waals surface area contributed by atoms with Crippen molar-refractivity contribution in [3.05, 3.63) is 89.2 Å². The summed E-state index contributed by atoms with van der Waals surface area (Å²) < 4.78 is 15.9. The van der Waals surface area contributed by atoms with Crippen molar-refractivity contribution in [2.45, 2.75) is 13.5 Å². The fraction of sp³-hybridized carbons (Fsp3) is 0.200. The van der Waals surface area contributed by atoms with E-state index < -0.39 is 5.97 Å². The molecule has 1 aliphatic heterocycles. The summed E-state index contributed by atoms with van der Waals surface area (Å²) in [5.41, 5.74) is 2.76. The fourth-order valence-electron chi connectivity index (χ4n) is 3.39. The molecule has 0 unspecified atom stereocenters. The summed E-state index contributed by atoms with van der Waals surface area (Å²) in [6.45, 7) is 6.09. The lowest BCUT2D eigenvalue weighted by Gasteiger charge is -2.17. The monoisotopic (exact) mass is 419 g/mol. The van der Waals surface area contributed by atoms with E-state index in [4.69, 9.17) is 14.2 Å². The second-order valence-corrected chi connectivity index (χ2v) is 6.90. The normalized spacial score (nSPS) is 14.7. The molecule has 1 amide bonds. The van der Waals surface area contributed by atoms with E-state index in [2.05, 4.69) is 6.58 Å². The van der Waals surface area contributed by atoms with Crippen molar-refractivity contribution in [1.29, 1.82) is 0 Å². The van der Waals surface area contributed by atoms with Gasteiger partial charge in [0.25, 0.3) is 5.91 Å². The smallest absolute Gasteiger partial charge is 0.340 e. The second kappa shape index (κ2) is 9.80. The van der Waals surface area contributed by atoms with Gasteiger partial charge in [-0.1, -0.05) is 49.1 Å². The molecule has 6 heteroatoms. The molecule has 3 rings (SSSR count). The Kier molecular flexibility index (Phi) is 6.92. The molecule has 0 spiro atoms. The topological polar surface area (TPSA) is 65.1 Å². The van der Waals surface area contributed by atoms with Gasteiger partial charge in [0.15, 0.2) is 11.5 Å². The van der Waals surface area contributed by atoms with Crippen molar-refractivity contribution in [2.24, 2.45) is 0 Å². The van der Waals surface area contributed by atoms with Crippen LogP contribution in [0, 0.1) is 0 Å². The van der Waals surface area contributed by atoms with Crippen LogP contribution < -0.4 is 9.47 Å². The highest BCUT2D eigenvalue weighted by atomic mass is 16.5. The third kappa shape index (κ3) is 4.69. The minimum atomic E-state index is -0.550. The number of methoxy groups -OCH3 is 2. The molecule has 160 valence electrons. The molecule has 0 radical (unpaired) electrons. The van der Waals surface area contributed by atoms with Gasteiger partial charge in [-0.3, -0.25) is 4.79 Å². The molecule has 0 saturated heterocycles. The summed E-state index contributed by atoms with van der Waals surface area (Å²) >= 11 is 0. The first kappa shape index (κ1) is 21.9. The number of amides is 1. The van der Waals surface area contributed by atoms with Gasteiger partial charge in [-0.15, -0.1) is 0 Å². The maximum Gasteiger partial charge on any atom is 0.340 e. The molecule has 0 fully saturated rings. The van der Waals surface area contributed by atoms with E-state index in [1.54, 1.807) is 49.3 Å². The van der Waals surface area contributed by atoms with Crippen LogP contribution in [-0.4, -0.2) is 37.6 Å². The van der Waals surface area contributed by atoms with Gasteiger partial charge >= 0.3 is 5.97 Å². The predicted octanol–water partition coefficient (Wildman–Crippen LogP) is 4.13. The van der Waals surface area contributed by atoms with E-state index in [9.17, 15) is 9.59 Å². The number of hydrogen-bond acceptors (Lipinski definition) is 5. The van der Waals surface area contributed by atoms with Crippen molar-refractivity contribution in [3.63, 3.8) is 0 Å². The fourth-order valence-corrected chi connectivity index (χ4v) is 3.39. The van der Waals surface area contributed by atoms with Crippen molar-refractivity contribution in [1.82, 2.24) is 4.90 Å². The number of nitrogens with zero attached hydrogens (tertiary/aromatic N) is 1. The molecule has 0 N–H and O–H groups in total. The zero-order valence-corrected chi connectivity index (χ0v) is 17.9. The molecule has 1 aliphatic rings. The van der Waals surface area contributed by atoms with Gasteiger partial charge in [0.1, 0.15) is 6.61 Å². The van der Waals surface area contributed by atoms with Gasteiger partial charge in [0, 0.05) is 5.70 Å². The largest absolute Gasteiger partial charge is 0.493 e. The Balaban J connectivity index is 2.00. The lowest BCUT2D eigenvalue weighted by Crippen LogP contribution is -2.24. The van der Waals surface area contributed by atoms with Crippen LogP contribution in [0.3, 0.4) is 0 Å². The Morgan fingerprint density at radius 1 is 1.10 bits per heavy atom. The van der Waals surface area contributed by atoms with Gasteiger partial charge in [-0.2, -0.15) is 0 Å². The van der Waals surface area contributed by atoms with Gasteiger partial charge in [0.2, 0.25) is 0 Å². The zero-order valence-electron chi connectivity index (χ0n) is 17.9. The predicted molar refractivity (Wildman–Crippen MR) is 118 cm³/mol. The van der Waals surface area contributed by atoms with Crippen LogP contribution >= 0.6 is 0 Å². The molecule has 31 heavy (non-hydrogen) atoms. The molecule has 0 aliphatic carbocycles. The van der Waals surface area contributed by atoms with Gasteiger partial charge in [-0.05, 0) is 36.3 Å². The molecule has 0 aromatic heterocycles. The van der Waals surface area contributed by atoms with E-state index in [0.717, 1.165) is 5.56 Å². The van der Waals surface area contributed by atoms with Crippen LogP contribution in [0.15, 0.2) is 78.0 Å². The molecule has 2 aromatic rings. The molecule has 2 aromatic carbocycles. The van der Waals surface area contributed by atoms with E-state index in [0.29, 0.717) is 35.9 Å². The highest BCUT2D eigenvalue weighted by Gasteiger charge is 2.37. The minimum absolute atomic E-state index is 0.257. The Morgan fingerprint density at radius 3 is 2.48 bits per heavy atom. The summed E-state index contributed by atoms with van der Waals surface area (Å²) in [6, 6.07) is 14.9. The highest BCUT2D eigenvalue weighted by Crippen LogP contribution is 2.34. The summed E-state index contributed by atoms with van der Waals surface area (Å²) in [5.74, 6) is 0.272. The minimum Gasteiger partial charge on any atom is -0.493 e. The van der Waals surface area contributed by atoms with Crippen LogP contribution in [0.1, 0.15) is 18.1 Å². The molecule has 6 nitrogen and oxygen atoms in total. The Bertz CT molecular complexity index is 1050. The van der Waals surface area contributed by atoms with Crippen LogP contribution in [0.4, 0.5) is 0 Å². The van der Waals surface area contributed by atoms with Gasteiger partial charge in [-0.25, -0.2) is 4.79 Å². The van der Waals surface area contributed by atoms with Crippen LogP contribution in [0.5, 0.6) is 11.5 Å². The SMILES string of the molecule is C=CCOc1ccc(/C=C2\C(=O)N(Cc3ccccc3)C(C)=C2C(=O)OC)cc1OC. The summed E-state index contributed by atoms with van der Waals surface area (Å²) in [5, 5.41) is 0. The number of hydrogen-bond donors (Lipinski definition) is 0. The average molecular weight is 419 g/mol. The summed E-state index contributed by atoms with van der Waals surface area (Å²) in [4.78, 5) is 27.4. The van der Waals surface area contributed by atoms with Crippen LogP contribution in [0.2, 0.25) is 0 Å². The number of allylic oxidation sites excluding steroid dienone is 1. The average Bonchev–Trinajstić information content (AvgIpc) is 3.02. The quantitative estimate of drug-likeness (QED) is 0.366. The Morgan fingerprint density at radius 2 is 1.84 bits per heavy atom. The van der Waals surface area contributed by atoms with Gasteiger partial charge in [0.05, 0.1) is 31.9 Å². The zero-order chi connectivity index (χ0) is 22.4. The van der Waals surface area contributed by atoms with E-state index >= 15 is 0 Å².